The highest BCUT2D eigenvalue weighted by Crippen LogP contribution is 2.38. The Balaban J connectivity index is 1.78. The van der Waals surface area contributed by atoms with Gasteiger partial charge in [0, 0.05) is 24.6 Å². The first-order valence-corrected chi connectivity index (χ1v) is 7.42. The monoisotopic (exact) mass is 265 g/mol. The summed E-state index contributed by atoms with van der Waals surface area (Å²) >= 11 is 0. The predicted molar refractivity (Wildman–Crippen MR) is 72.1 cm³/mol. The molecule has 104 valence electrons. The summed E-state index contributed by atoms with van der Waals surface area (Å²) in [5, 5.41) is 3.51. The van der Waals surface area contributed by atoms with E-state index in [9.17, 15) is 8.78 Å². The van der Waals surface area contributed by atoms with E-state index in [4.69, 9.17) is 0 Å². The average Bonchev–Trinajstić information content (AvgIpc) is 3.05. The van der Waals surface area contributed by atoms with E-state index < -0.39 is 5.82 Å². The van der Waals surface area contributed by atoms with Gasteiger partial charge in [0.15, 0.2) is 0 Å². The second kappa shape index (κ2) is 5.58. The summed E-state index contributed by atoms with van der Waals surface area (Å²) in [5.41, 5.74) is 0.696. The van der Waals surface area contributed by atoms with Crippen molar-refractivity contribution in [1.29, 1.82) is 0 Å². The Morgan fingerprint density at radius 3 is 2.47 bits per heavy atom. The molecule has 19 heavy (non-hydrogen) atoms. The Labute approximate surface area is 113 Å². The summed E-state index contributed by atoms with van der Waals surface area (Å²) in [6.45, 7) is 0.831. The van der Waals surface area contributed by atoms with Gasteiger partial charge in [-0.15, -0.1) is 0 Å². The fourth-order valence-electron chi connectivity index (χ4n) is 3.27. The average molecular weight is 265 g/mol. The Morgan fingerprint density at radius 1 is 1.11 bits per heavy atom. The van der Waals surface area contributed by atoms with Gasteiger partial charge in [-0.3, -0.25) is 0 Å². The van der Waals surface area contributed by atoms with Crippen molar-refractivity contribution in [3.05, 3.63) is 35.4 Å². The molecule has 0 saturated heterocycles. The van der Waals surface area contributed by atoms with Crippen LogP contribution in [0.2, 0.25) is 0 Å². The number of nitrogens with one attached hydrogen (secondary N) is 1. The SMILES string of the molecule is Fc1ccc(C(CNC2CC2)C2CCCC2)c(F)c1. The number of hydrogen-bond acceptors (Lipinski definition) is 1. The molecule has 2 aliphatic rings. The third-order valence-corrected chi connectivity index (χ3v) is 4.53. The van der Waals surface area contributed by atoms with Gasteiger partial charge in [0.05, 0.1) is 0 Å². The third kappa shape index (κ3) is 3.14. The molecular weight excluding hydrogens is 244 g/mol. The summed E-state index contributed by atoms with van der Waals surface area (Å²) in [6.07, 6.45) is 7.31. The van der Waals surface area contributed by atoms with Gasteiger partial charge >= 0.3 is 0 Å². The summed E-state index contributed by atoms with van der Waals surface area (Å²) in [7, 11) is 0. The van der Waals surface area contributed by atoms with E-state index in [1.54, 1.807) is 6.07 Å². The fourth-order valence-corrected chi connectivity index (χ4v) is 3.27. The van der Waals surface area contributed by atoms with Crippen LogP contribution in [0, 0.1) is 17.6 Å². The minimum absolute atomic E-state index is 0.198. The van der Waals surface area contributed by atoms with Gasteiger partial charge in [0.2, 0.25) is 0 Å². The Morgan fingerprint density at radius 2 is 1.84 bits per heavy atom. The van der Waals surface area contributed by atoms with Crippen molar-refractivity contribution in [2.75, 3.05) is 6.54 Å². The van der Waals surface area contributed by atoms with Crippen molar-refractivity contribution in [2.24, 2.45) is 5.92 Å². The molecule has 1 nitrogen and oxygen atoms in total. The fraction of sp³-hybridized carbons (Fsp3) is 0.625. The second-order valence-electron chi connectivity index (χ2n) is 6.00. The smallest absolute Gasteiger partial charge is 0.129 e. The van der Waals surface area contributed by atoms with E-state index in [1.165, 1.54) is 44.6 Å². The quantitative estimate of drug-likeness (QED) is 0.848. The highest BCUT2D eigenvalue weighted by molar-refractivity contribution is 5.24. The van der Waals surface area contributed by atoms with Gasteiger partial charge in [-0.25, -0.2) is 8.78 Å². The van der Waals surface area contributed by atoms with Gasteiger partial charge < -0.3 is 5.32 Å². The Kier molecular flexibility index (Phi) is 3.83. The summed E-state index contributed by atoms with van der Waals surface area (Å²) < 4.78 is 27.1. The second-order valence-corrected chi connectivity index (χ2v) is 6.00. The van der Waals surface area contributed by atoms with Crippen LogP contribution < -0.4 is 5.32 Å². The molecule has 0 aliphatic heterocycles. The van der Waals surface area contributed by atoms with Gasteiger partial charge in [-0.1, -0.05) is 18.9 Å². The van der Waals surface area contributed by atoms with Crippen molar-refractivity contribution in [1.82, 2.24) is 5.32 Å². The molecule has 1 aromatic rings. The van der Waals surface area contributed by atoms with Crippen LogP contribution >= 0.6 is 0 Å². The maximum Gasteiger partial charge on any atom is 0.129 e. The van der Waals surface area contributed by atoms with E-state index in [0.29, 0.717) is 17.5 Å². The van der Waals surface area contributed by atoms with Gasteiger partial charge in [0.1, 0.15) is 11.6 Å². The van der Waals surface area contributed by atoms with Crippen LogP contribution in [0.3, 0.4) is 0 Å². The van der Waals surface area contributed by atoms with E-state index in [0.717, 1.165) is 12.6 Å². The Hall–Kier alpha value is -0.960. The maximum absolute atomic E-state index is 14.0. The maximum atomic E-state index is 14.0. The molecule has 3 heteroatoms. The largest absolute Gasteiger partial charge is 0.313 e. The van der Waals surface area contributed by atoms with Gasteiger partial charge in [-0.2, -0.15) is 0 Å². The van der Waals surface area contributed by atoms with Gasteiger partial charge in [0.25, 0.3) is 0 Å². The first-order chi connectivity index (χ1) is 9.24. The predicted octanol–water partition coefficient (Wildman–Crippen LogP) is 3.99. The zero-order chi connectivity index (χ0) is 13.2. The third-order valence-electron chi connectivity index (χ3n) is 4.53. The topological polar surface area (TPSA) is 12.0 Å². The van der Waals surface area contributed by atoms with Crippen LogP contribution in [0.15, 0.2) is 18.2 Å². The highest BCUT2D eigenvalue weighted by atomic mass is 19.1. The van der Waals surface area contributed by atoms with E-state index in [-0.39, 0.29) is 11.7 Å². The highest BCUT2D eigenvalue weighted by Gasteiger charge is 2.30. The lowest BCUT2D eigenvalue weighted by atomic mass is 9.84. The molecule has 2 aliphatic carbocycles. The molecule has 0 aromatic heterocycles. The summed E-state index contributed by atoms with van der Waals surface area (Å²) in [4.78, 5) is 0. The lowest BCUT2D eigenvalue weighted by Crippen LogP contribution is -2.28. The standard InChI is InChI=1S/C16H21F2N/c17-12-5-8-14(16(18)9-12)15(10-19-13-6-7-13)11-3-1-2-4-11/h5,8-9,11,13,15,19H,1-4,6-7,10H2. The molecule has 0 spiro atoms. The molecule has 0 bridgehead atoms. The molecular formula is C16H21F2N. The molecule has 0 radical (unpaired) electrons. The van der Waals surface area contributed by atoms with E-state index >= 15 is 0 Å². The molecule has 1 atom stereocenters. The lowest BCUT2D eigenvalue weighted by molar-refractivity contribution is 0.396. The zero-order valence-electron chi connectivity index (χ0n) is 11.2. The first kappa shape index (κ1) is 13.0. The van der Waals surface area contributed by atoms with Crippen LogP contribution in [0.4, 0.5) is 8.78 Å². The normalized spacial score (nSPS) is 21.8. The van der Waals surface area contributed by atoms with Crippen molar-refractivity contribution in [2.45, 2.75) is 50.5 Å². The molecule has 2 fully saturated rings. The lowest BCUT2D eigenvalue weighted by Gasteiger charge is -2.25. The number of hydrogen-bond donors (Lipinski definition) is 1. The summed E-state index contributed by atoms with van der Waals surface area (Å²) in [6, 6.07) is 4.68. The molecule has 0 amide bonds. The molecule has 1 aromatic carbocycles. The van der Waals surface area contributed by atoms with Crippen LogP contribution in [0.1, 0.15) is 50.0 Å². The number of halogens is 2. The number of benzene rings is 1. The van der Waals surface area contributed by atoms with Crippen LogP contribution in [0.25, 0.3) is 0 Å². The van der Waals surface area contributed by atoms with Crippen LogP contribution in [-0.2, 0) is 0 Å². The minimum Gasteiger partial charge on any atom is -0.313 e. The first-order valence-electron chi connectivity index (χ1n) is 7.42. The molecule has 1 unspecified atom stereocenters. The van der Waals surface area contributed by atoms with E-state index in [1.807, 2.05) is 0 Å². The molecule has 1 N–H and O–H groups in total. The van der Waals surface area contributed by atoms with Crippen molar-refractivity contribution >= 4 is 0 Å². The van der Waals surface area contributed by atoms with Crippen LogP contribution in [0.5, 0.6) is 0 Å². The van der Waals surface area contributed by atoms with Crippen LogP contribution in [-0.4, -0.2) is 12.6 Å². The molecule has 0 heterocycles. The van der Waals surface area contributed by atoms with Gasteiger partial charge in [-0.05, 0) is 43.2 Å². The zero-order valence-corrected chi connectivity index (χ0v) is 11.2. The molecule has 3 rings (SSSR count). The Bertz CT molecular complexity index is 436. The molecule has 2 saturated carbocycles. The minimum atomic E-state index is -0.485. The van der Waals surface area contributed by atoms with Crippen molar-refractivity contribution in [3.8, 4) is 0 Å². The number of rotatable bonds is 5. The van der Waals surface area contributed by atoms with Crippen molar-refractivity contribution < 1.29 is 8.78 Å². The van der Waals surface area contributed by atoms with E-state index in [2.05, 4.69) is 5.32 Å². The van der Waals surface area contributed by atoms with Crippen molar-refractivity contribution in [3.63, 3.8) is 0 Å². The summed E-state index contributed by atoms with van der Waals surface area (Å²) in [5.74, 6) is -0.119.